The highest BCUT2D eigenvalue weighted by atomic mass is 35.5. The molecule has 52 heavy (non-hydrogen) atoms. The van der Waals surface area contributed by atoms with Crippen LogP contribution >= 0.6 is 11.6 Å². The molecule has 2 aliphatic heterocycles. The fourth-order valence-corrected chi connectivity index (χ4v) is 6.96. The maximum atomic E-state index is 16.9. The second-order valence-corrected chi connectivity index (χ2v) is 13.4. The fraction of sp³-hybridized carbons (Fsp3) is 0.528. The van der Waals surface area contributed by atoms with Gasteiger partial charge < -0.3 is 29.3 Å². The first-order chi connectivity index (χ1) is 25.0. The summed E-state index contributed by atoms with van der Waals surface area (Å²) in [6, 6.07) is 7.11. The number of nitrogens with zero attached hydrogens (tertiary/aromatic N) is 7. The lowest BCUT2D eigenvalue weighted by molar-refractivity contribution is -0.168. The molecule has 1 aromatic heterocycles. The van der Waals surface area contributed by atoms with Gasteiger partial charge in [0.25, 0.3) is 0 Å². The zero-order valence-corrected chi connectivity index (χ0v) is 30.4. The maximum Gasteiger partial charge on any atom is 0.407 e. The van der Waals surface area contributed by atoms with Gasteiger partial charge in [0, 0.05) is 50.1 Å². The van der Waals surface area contributed by atoms with Crippen LogP contribution in [-0.4, -0.2) is 115 Å². The van der Waals surface area contributed by atoms with E-state index in [1.54, 1.807) is 18.0 Å². The lowest BCUT2D eigenvalue weighted by Gasteiger charge is -2.40. The number of nitriles is 1. The van der Waals surface area contributed by atoms with Gasteiger partial charge in [-0.15, -0.1) is 0 Å². The molecule has 1 N–H and O–H groups in total. The zero-order chi connectivity index (χ0) is 37.4. The number of rotatable bonds is 15. The predicted octanol–water partition coefficient (Wildman–Crippen LogP) is 6.13. The highest BCUT2D eigenvalue weighted by molar-refractivity contribution is 6.34. The fourth-order valence-electron chi connectivity index (χ4n) is 6.68. The predicted molar refractivity (Wildman–Crippen MR) is 190 cm³/mol. The van der Waals surface area contributed by atoms with Crippen molar-refractivity contribution >= 4 is 40.3 Å². The summed E-state index contributed by atoms with van der Waals surface area (Å²) in [5, 5.41) is 20.5. The average Bonchev–Trinajstić information content (AvgIpc) is 3.54. The van der Waals surface area contributed by atoms with Crippen LogP contribution in [0.15, 0.2) is 24.3 Å². The number of hydrogen-bond donors (Lipinski definition) is 1. The van der Waals surface area contributed by atoms with Crippen molar-refractivity contribution in [2.45, 2.75) is 63.5 Å². The average molecular weight is 744 g/mol. The number of carboxylic acid groups (broad SMARTS) is 1. The van der Waals surface area contributed by atoms with Gasteiger partial charge in [-0.05, 0) is 57.5 Å². The van der Waals surface area contributed by atoms with Gasteiger partial charge in [-0.25, -0.2) is 18.6 Å². The van der Waals surface area contributed by atoms with Crippen molar-refractivity contribution in [1.29, 1.82) is 5.26 Å². The summed E-state index contributed by atoms with van der Waals surface area (Å²) in [6.45, 7) is 1.81. The third kappa shape index (κ3) is 8.91. The van der Waals surface area contributed by atoms with Crippen LogP contribution in [0.3, 0.4) is 0 Å². The number of halogens is 3. The Morgan fingerprint density at radius 1 is 1.10 bits per heavy atom. The molecular weight excluding hydrogens is 700 g/mol. The van der Waals surface area contributed by atoms with Gasteiger partial charge in [-0.1, -0.05) is 30.5 Å². The molecule has 2 fully saturated rings. The van der Waals surface area contributed by atoms with Crippen molar-refractivity contribution in [2.75, 3.05) is 65.5 Å². The molecule has 13 nitrogen and oxygen atoms in total. The molecule has 0 radical (unpaired) electrons. The molecule has 2 aliphatic rings. The maximum absolute atomic E-state index is 16.9. The molecule has 3 heterocycles. The second-order valence-electron chi connectivity index (χ2n) is 13.0. The molecule has 0 bridgehead atoms. The van der Waals surface area contributed by atoms with Crippen molar-refractivity contribution in [2.24, 2.45) is 0 Å². The number of hydroxylamine groups is 2. The highest BCUT2D eigenvalue weighted by Gasteiger charge is 2.33. The Hall–Kier alpha value is -4.52. The first-order valence-corrected chi connectivity index (χ1v) is 17.8. The molecule has 280 valence electrons. The van der Waals surface area contributed by atoms with Gasteiger partial charge in [0.1, 0.15) is 29.5 Å². The number of anilines is 1. The van der Waals surface area contributed by atoms with Crippen LogP contribution in [0.1, 0.15) is 51.4 Å². The number of amides is 2. The number of carbonyl (C=O) groups excluding carboxylic acids is 1. The quantitative estimate of drug-likeness (QED) is 0.142. The van der Waals surface area contributed by atoms with E-state index in [9.17, 15) is 20.0 Å². The molecule has 3 aromatic rings. The van der Waals surface area contributed by atoms with E-state index in [-0.39, 0.29) is 95.8 Å². The smallest absolute Gasteiger partial charge is 0.407 e. The third-order valence-corrected chi connectivity index (χ3v) is 9.96. The summed E-state index contributed by atoms with van der Waals surface area (Å²) >= 11 is 6.78. The Balaban J connectivity index is 1.45. The van der Waals surface area contributed by atoms with Gasteiger partial charge in [0.05, 0.1) is 42.8 Å². The summed E-state index contributed by atoms with van der Waals surface area (Å²) in [4.78, 5) is 43.0. The standard InChI is InChI=1S/C36H44ClF2N7O6/c1-43-16-9-10-24(43)22-52-35-41-33-25(34(42-35)45-17-18-46(36(48)49)23(21-45)14-15-40)20-26(37)30(32(33)39)31-27(38)11-8-12-28(31)51-19-7-5-4-6-13-29(47)44(2)50-3/h8,11-12,20,23-24H,4-7,9-10,13-14,16-19,21-22H2,1-3H3,(H,48,49)/t23?,24-/m0/s1. The number of benzene rings is 2. The number of hydrogen-bond acceptors (Lipinski definition) is 10. The van der Waals surface area contributed by atoms with Crippen LogP contribution < -0.4 is 14.4 Å². The van der Waals surface area contributed by atoms with E-state index >= 15 is 8.78 Å². The van der Waals surface area contributed by atoms with E-state index in [4.69, 9.17) is 25.9 Å². The van der Waals surface area contributed by atoms with Crippen LogP contribution in [0.5, 0.6) is 11.8 Å². The van der Waals surface area contributed by atoms with Crippen LogP contribution in [-0.2, 0) is 9.63 Å². The van der Waals surface area contributed by atoms with Crippen molar-refractivity contribution in [3.05, 3.63) is 40.9 Å². The third-order valence-electron chi connectivity index (χ3n) is 9.67. The lowest BCUT2D eigenvalue weighted by atomic mass is 10.0. The summed E-state index contributed by atoms with van der Waals surface area (Å²) in [5.41, 5.74) is -0.536. The normalized spacial score (nSPS) is 17.7. The zero-order valence-electron chi connectivity index (χ0n) is 29.6. The van der Waals surface area contributed by atoms with E-state index < -0.39 is 23.8 Å². The van der Waals surface area contributed by atoms with Crippen molar-refractivity contribution in [1.82, 2.24) is 24.8 Å². The largest absolute Gasteiger partial charge is 0.493 e. The molecular formula is C36H44ClF2N7O6. The first kappa shape index (κ1) is 38.7. The number of likely N-dealkylation sites (tertiary alicyclic amines) is 1. The number of likely N-dealkylation sites (N-methyl/N-ethyl adjacent to an activating group) is 1. The van der Waals surface area contributed by atoms with Crippen LogP contribution in [0.2, 0.25) is 5.02 Å². The molecule has 5 rings (SSSR count). The number of carbonyl (C=O) groups is 2. The van der Waals surface area contributed by atoms with E-state index in [1.807, 2.05) is 13.1 Å². The van der Waals surface area contributed by atoms with Crippen LogP contribution in [0.4, 0.5) is 19.4 Å². The Labute approximate surface area is 306 Å². The van der Waals surface area contributed by atoms with Gasteiger partial charge in [-0.3, -0.25) is 9.63 Å². The Morgan fingerprint density at radius 3 is 2.60 bits per heavy atom. The molecule has 0 spiro atoms. The van der Waals surface area contributed by atoms with Gasteiger partial charge in [-0.2, -0.15) is 15.2 Å². The number of piperazine rings is 1. The van der Waals surface area contributed by atoms with Crippen molar-refractivity contribution in [3.8, 4) is 29.0 Å². The van der Waals surface area contributed by atoms with Gasteiger partial charge in [0.2, 0.25) is 5.91 Å². The molecule has 0 saturated carbocycles. The van der Waals surface area contributed by atoms with E-state index in [0.29, 0.717) is 19.3 Å². The van der Waals surface area contributed by atoms with Gasteiger partial charge >= 0.3 is 12.1 Å². The number of aromatic nitrogens is 2. The van der Waals surface area contributed by atoms with Crippen molar-refractivity contribution < 1.29 is 37.8 Å². The van der Waals surface area contributed by atoms with Crippen LogP contribution in [0, 0.1) is 23.0 Å². The minimum absolute atomic E-state index is 0.0514. The van der Waals surface area contributed by atoms with E-state index in [0.717, 1.165) is 32.2 Å². The summed E-state index contributed by atoms with van der Waals surface area (Å²) in [7, 11) is 4.99. The molecule has 0 aliphatic carbocycles. The molecule has 16 heteroatoms. The number of unbranched alkanes of at least 4 members (excludes halogenated alkanes) is 3. The number of ether oxygens (including phenoxy) is 2. The molecule has 2 amide bonds. The summed E-state index contributed by atoms with van der Waals surface area (Å²) in [5.74, 6) is -1.37. The first-order valence-electron chi connectivity index (χ1n) is 17.4. The monoisotopic (exact) mass is 743 g/mol. The highest BCUT2D eigenvalue weighted by Crippen LogP contribution is 2.43. The minimum atomic E-state index is -1.14. The lowest BCUT2D eigenvalue weighted by Crippen LogP contribution is -2.55. The van der Waals surface area contributed by atoms with E-state index in [1.165, 1.54) is 35.3 Å². The molecule has 2 atom stereocenters. The topological polar surface area (TPSA) is 145 Å². The Morgan fingerprint density at radius 2 is 1.88 bits per heavy atom. The Bertz CT molecular complexity index is 1800. The minimum Gasteiger partial charge on any atom is -0.493 e. The summed E-state index contributed by atoms with van der Waals surface area (Å²) < 4.78 is 44.6. The van der Waals surface area contributed by atoms with Crippen molar-refractivity contribution in [3.63, 3.8) is 0 Å². The van der Waals surface area contributed by atoms with Gasteiger partial charge in [0.15, 0.2) is 5.82 Å². The van der Waals surface area contributed by atoms with E-state index in [2.05, 4.69) is 14.9 Å². The summed E-state index contributed by atoms with van der Waals surface area (Å²) in [6.07, 6.45) is 3.93. The Kier molecular flexibility index (Phi) is 13.3. The molecule has 1 unspecified atom stereocenters. The molecule has 2 saturated heterocycles. The molecule has 2 aromatic carbocycles. The number of fused-ring (bicyclic) bond motifs is 1. The second kappa shape index (κ2) is 17.8. The SMILES string of the molecule is CON(C)C(=O)CCCCCCOc1cccc(F)c1-c1c(Cl)cc2c(N3CCN(C(=O)O)C(CC#N)C3)nc(OC[C@@H]3CCCN3C)nc2c1F. The van der Waals surface area contributed by atoms with Crippen LogP contribution in [0.25, 0.3) is 22.0 Å².